The molecule has 0 bridgehead atoms. The predicted octanol–water partition coefficient (Wildman–Crippen LogP) is 0.111. The molecular weight excluding hydrogens is 208 g/mol. The van der Waals surface area contributed by atoms with Crippen molar-refractivity contribution in [2.45, 2.75) is 0 Å². The van der Waals surface area contributed by atoms with Crippen LogP contribution in [0.3, 0.4) is 0 Å². The van der Waals surface area contributed by atoms with Gasteiger partial charge < -0.3 is 4.98 Å². The molecule has 3 rings (SSSR count). The molecule has 0 fully saturated rings. The summed E-state index contributed by atoms with van der Waals surface area (Å²) >= 11 is 0. The number of fused-ring (bicyclic) bond motifs is 2. The van der Waals surface area contributed by atoms with Gasteiger partial charge in [0.15, 0.2) is 11.5 Å². The van der Waals surface area contributed by atoms with E-state index in [1.54, 1.807) is 12.1 Å². The largest absolute Gasteiger partial charge is 0.349 e. The van der Waals surface area contributed by atoms with E-state index in [4.69, 9.17) is 0 Å². The Balaban J connectivity index is 2.57. The van der Waals surface area contributed by atoms with Gasteiger partial charge in [-0.05, 0) is 12.1 Å². The number of H-pyrrole nitrogens is 2. The van der Waals surface area contributed by atoms with Crippen molar-refractivity contribution >= 4 is 11.0 Å². The topological polar surface area (TPSA) is 91.5 Å². The summed E-state index contributed by atoms with van der Waals surface area (Å²) in [5.74, 6) is 0.201. The summed E-state index contributed by atoms with van der Waals surface area (Å²) in [6.45, 7) is 0. The smallest absolute Gasteiger partial charge is 0.336 e. The van der Waals surface area contributed by atoms with Crippen molar-refractivity contribution in [3.63, 3.8) is 0 Å². The zero-order valence-corrected chi connectivity index (χ0v) is 8.02. The van der Waals surface area contributed by atoms with E-state index in [0.29, 0.717) is 5.52 Å². The summed E-state index contributed by atoms with van der Waals surface area (Å²) in [5, 5.41) is 0. The van der Waals surface area contributed by atoms with Gasteiger partial charge in [-0.15, -0.1) is 0 Å². The van der Waals surface area contributed by atoms with Crippen LogP contribution in [-0.4, -0.2) is 19.9 Å². The van der Waals surface area contributed by atoms with E-state index in [-0.39, 0.29) is 11.5 Å². The Hall–Kier alpha value is -2.50. The Bertz CT molecular complexity index is 759. The lowest BCUT2D eigenvalue weighted by Gasteiger charge is -2.03. The molecule has 2 aliphatic heterocycles. The third-order valence-electron chi connectivity index (χ3n) is 2.26. The van der Waals surface area contributed by atoms with Crippen LogP contribution in [0, 0.1) is 0 Å². The van der Waals surface area contributed by atoms with E-state index >= 15 is 0 Å². The highest BCUT2D eigenvalue weighted by molar-refractivity contribution is 5.77. The second kappa shape index (κ2) is 2.99. The van der Waals surface area contributed by atoms with E-state index in [2.05, 4.69) is 19.9 Å². The fraction of sp³-hybridized carbons (Fsp3) is 0. The second-order valence-electron chi connectivity index (χ2n) is 3.32. The number of nitrogens with one attached hydrogen (secondary N) is 2. The highest BCUT2D eigenvalue weighted by Crippen LogP contribution is 2.14. The summed E-state index contributed by atoms with van der Waals surface area (Å²) < 4.78 is 0. The van der Waals surface area contributed by atoms with Gasteiger partial charge in [-0.25, -0.2) is 9.78 Å². The molecular formula is C10H6N4O2. The van der Waals surface area contributed by atoms with Crippen LogP contribution in [0.15, 0.2) is 33.9 Å². The van der Waals surface area contributed by atoms with Gasteiger partial charge in [0.2, 0.25) is 0 Å². The number of hydrogen-bond donors (Lipinski definition) is 2. The van der Waals surface area contributed by atoms with Crippen molar-refractivity contribution in [1.29, 1.82) is 0 Å². The molecule has 0 saturated carbocycles. The fourth-order valence-electron chi connectivity index (χ4n) is 1.56. The van der Waals surface area contributed by atoms with E-state index in [0.717, 1.165) is 5.52 Å². The number of aromatic amines is 2. The van der Waals surface area contributed by atoms with Crippen molar-refractivity contribution in [3.8, 4) is 11.5 Å². The lowest BCUT2D eigenvalue weighted by Crippen LogP contribution is -2.26. The van der Waals surface area contributed by atoms with Gasteiger partial charge in [-0.2, -0.15) is 4.98 Å². The van der Waals surface area contributed by atoms with Crippen LogP contribution in [0.1, 0.15) is 0 Å². The first kappa shape index (κ1) is 8.78. The molecule has 6 heteroatoms. The van der Waals surface area contributed by atoms with Gasteiger partial charge in [-0.1, -0.05) is 12.1 Å². The van der Waals surface area contributed by atoms with Gasteiger partial charge in [0.25, 0.3) is 5.56 Å². The Kier molecular flexibility index (Phi) is 1.64. The highest BCUT2D eigenvalue weighted by Gasteiger charge is 2.12. The first-order valence-electron chi connectivity index (χ1n) is 4.63. The summed E-state index contributed by atoms with van der Waals surface area (Å²) in [6.07, 6.45) is 0. The van der Waals surface area contributed by atoms with Crippen molar-refractivity contribution in [2.75, 3.05) is 0 Å². The number of benzene rings is 1. The summed E-state index contributed by atoms with van der Waals surface area (Å²) in [5.41, 5.74) is 0.314. The van der Waals surface area contributed by atoms with Crippen molar-refractivity contribution in [2.24, 2.45) is 0 Å². The highest BCUT2D eigenvalue weighted by atomic mass is 16.2. The second-order valence-corrected chi connectivity index (χ2v) is 3.32. The van der Waals surface area contributed by atoms with Crippen molar-refractivity contribution in [1.82, 2.24) is 19.9 Å². The van der Waals surface area contributed by atoms with E-state index in [1.165, 1.54) is 0 Å². The van der Waals surface area contributed by atoms with Gasteiger partial charge >= 0.3 is 5.69 Å². The van der Waals surface area contributed by atoms with E-state index < -0.39 is 11.2 Å². The number of hydrogen-bond acceptors (Lipinski definition) is 4. The van der Waals surface area contributed by atoms with Crippen LogP contribution in [0.4, 0.5) is 0 Å². The number of rotatable bonds is 0. The zero-order valence-electron chi connectivity index (χ0n) is 8.02. The van der Waals surface area contributed by atoms with Crippen LogP contribution in [0.5, 0.6) is 0 Å². The van der Waals surface area contributed by atoms with Gasteiger partial charge in [0, 0.05) is 0 Å². The SMILES string of the molecule is O=c1nc2[nH]c3ccccc3nc-2c(=O)[nH]1. The first-order chi connectivity index (χ1) is 7.74. The Morgan fingerprint density at radius 3 is 2.69 bits per heavy atom. The van der Waals surface area contributed by atoms with Crippen molar-refractivity contribution < 1.29 is 0 Å². The molecule has 16 heavy (non-hydrogen) atoms. The van der Waals surface area contributed by atoms with Gasteiger partial charge in [-0.3, -0.25) is 9.78 Å². The molecule has 2 heterocycles. The molecule has 2 N–H and O–H groups in total. The Morgan fingerprint density at radius 1 is 1.00 bits per heavy atom. The molecule has 0 saturated heterocycles. The molecule has 1 aromatic rings. The monoisotopic (exact) mass is 214 g/mol. The maximum absolute atomic E-state index is 11.5. The summed E-state index contributed by atoms with van der Waals surface area (Å²) in [4.78, 5) is 35.3. The van der Waals surface area contributed by atoms with Crippen LogP contribution in [-0.2, 0) is 0 Å². The van der Waals surface area contributed by atoms with E-state index in [9.17, 15) is 9.59 Å². The minimum absolute atomic E-state index is 0.137. The number of aromatic nitrogens is 4. The normalized spacial score (nSPS) is 11.0. The van der Waals surface area contributed by atoms with Gasteiger partial charge in [0.1, 0.15) is 0 Å². The molecule has 6 nitrogen and oxygen atoms in total. The molecule has 0 radical (unpaired) electrons. The molecule has 1 aromatic carbocycles. The van der Waals surface area contributed by atoms with Crippen molar-refractivity contribution in [3.05, 3.63) is 45.1 Å². The molecule has 0 aliphatic carbocycles. The Labute approximate surface area is 88.4 Å². The third-order valence-corrected chi connectivity index (χ3v) is 2.26. The quantitative estimate of drug-likeness (QED) is 0.519. The lowest BCUT2D eigenvalue weighted by molar-refractivity contribution is 0.990. The summed E-state index contributed by atoms with van der Waals surface area (Å²) in [6, 6.07) is 7.22. The van der Waals surface area contributed by atoms with Crippen LogP contribution >= 0.6 is 0 Å². The zero-order chi connectivity index (χ0) is 11.1. The molecule has 2 aliphatic rings. The third kappa shape index (κ3) is 1.20. The molecule has 0 aromatic heterocycles. The standard InChI is InChI=1S/C10H6N4O2/c15-9-7-8(13-10(16)14-9)12-6-4-2-1-3-5(6)11-7/h1-4H,(H2,12,13,14,15,16). The molecule has 0 amide bonds. The summed E-state index contributed by atoms with van der Waals surface area (Å²) in [7, 11) is 0. The predicted molar refractivity (Wildman–Crippen MR) is 57.4 cm³/mol. The van der Waals surface area contributed by atoms with Crippen LogP contribution in [0.2, 0.25) is 0 Å². The lowest BCUT2D eigenvalue weighted by atomic mass is 10.3. The molecule has 0 unspecified atom stereocenters. The maximum Gasteiger partial charge on any atom is 0.349 e. The van der Waals surface area contributed by atoms with Crippen LogP contribution < -0.4 is 11.2 Å². The fourth-order valence-corrected chi connectivity index (χ4v) is 1.56. The maximum atomic E-state index is 11.5. The first-order valence-corrected chi connectivity index (χ1v) is 4.63. The molecule has 0 atom stereocenters. The average molecular weight is 214 g/mol. The van der Waals surface area contributed by atoms with Crippen LogP contribution in [0.25, 0.3) is 22.6 Å². The molecule has 0 spiro atoms. The molecule has 78 valence electrons. The van der Waals surface area contributed by atoms with Gasteiger partial charge in [0.05, 0.1) is 11.0 Å². The Morgan fingerprint density at radius 2 is 1.81 bits per heavy atom. The minimum Gasteiger partial charge on any atom is -0.336 e. The number of para-hydroxylation sites is 2. The minimum atomic E-state index is -0.675. The number of nitrogens with zero attached hydrogens (tertiary/aromatic N) is 2. The van der Waals surface area contributed by atoms with E-state index in [1.807, 2.05) is 12.1 Å². The average Bonchev–Trinajstić information content (AvgIpc) is 2.27.